The summed E-state index contributed by atoms with van der Waals surface area (Å²) in [4.78, 5) is 14.1. The van der Waals surface area contributed by atoms with Crippen molar-refractivity contribution < 1.29 is 9.53 Å². The molecular formula is C17H26BrN3O2. The lowest BCUT2D eigenvalue weighted by molar-refractivity contribution is 0.0167. The van der Waals surface area contributed by atoms with Crippen LogP contribution in [0.3, 0.4) is 0 Å². The van der Waals surface area contributed by atoms with Crippen LogP contribution in [0.2, 0.25) is 0 Å². The van der Waals surface area contributed by atoms with E-state index >= 15 is 0 Å². The Balaban J connectivity index is 2.16. The number of amides is 1. The average molecular weight is 384 g/mol. The summed E-state index contributed by atoms with van der Waals surface area (Å²) in [5.41, 5.74) is 1.82. The van der Waals surface area contributed by atoms with Crippen LogP contribution in [-0.2, 0) is 4.74 Å². The molecule has 1 amide bonds. The number of halogens is 1. The molecule has 0 bridgehead atoms. The van der Waals surface area contributed by atoms with Crippen molar-refractivity contribution >= 4 is 28.1 Å². The lowest BCUT2D eigenvalue weighted by atomic mass is 10.1. The Morgan fingerprint density at radius 1 is 1.43 bits per heavy atom. The molecule has 0 saturated carbocycles. The second-order valence-corrected chi connectivity index (χ2v) is 8.09. The third-order valence-electron chi connectivity index (χ3n) is 3.57. The fourth-order valence-electron chi connectivity index (χ4n) is 2.72. The van der Waals surface area contributed by atoms with E-state index in [0.29, 0.717) is 6.54 Å². The van der Waals surface area contributed by atoms with Crippen molar-refractivity contribution in [2.24, 2.45) is 0 Å². The van der Waals surface area contributed by atoms with Gasteiger partial charge in [-0.25, -0.2) is 4.79 Å². The molecule has 0 aromatic carbocycles. The van der Waals surface area contributed by atoms with Gasteiger partial charge in [-0.1, -0.05) is 5.57 Å². The zero-order valence-corrected chi connectivity index (χ0v) is 16.2. The Bertz CT molecular complexity index is 597. The van der Waals surface area contributed by atoms with Gasteiger partial charge in [-0.05, 0) is 75.5 Å². The minimum absolute atomic E-state index is 0.174. The minimum Gasteiger partial charge on any atom is -0.444 e. The van der Waals surface area contributed by atoms with Crippen LogP contribution in [0.4, 0.5) is 4.79 Å². The minimum atomic E-state index is -0.466. The van der Waals surface area contributed by atoms with Gasteiger partial charge in [0, 0.05) is 13.1 Å². The van der Waals surface area contributed by atoms with Crippen molar-refractivity contribution in [2.75, 3.05) is 13.1 Å². The van der Waals surface area contributed by atoms with Crippen LogP contribution in [0.25, 0.3) is 6.08 Å². The highest BCUT2D eigenvalue weighted by Crippen LogP contribution is 2.26. The molecule has 1 fully saturated rings. The maximum atomic E-state index is 12.3. The highest BCUT2D eigenvalue weighted by Gasteiger charge is 2.29. The van der Waals surface area contributed by atoms with Gasteiger partial charge in [0.25, 0.3) is 0 Å². The lowest BCUT2D eigenvalue weighted by Crippen LogP contribution is -2.43. The first-order valence-corrected chi connectivity index (χ1v) is 8.83. The summed E-state index contributed by atoms with van der Waals surface area (Å²) in [5, 5.41) is 4.57. The van der Waals surface area contributed by atoms with Crippen LogP contribution in [0.5, 0.6) is 0 Å². The summed E-state index contributed by atoms with van der Waals surface area (Å²) in [7, 11) is 0. The van der Waals surface area contributed by atoms with Crippen LogP contribution in [-0.4, -0.2) is 39.5 Å². The van der Waals surface area contributed by atoms with Crippen LogP contribution >= 0.6 is 15.9 Å². The van der Waals surface area contributed by atoms with E-state index in [1.165, 1.54) is 5.57 Å². The second-order valence-electron chi connectivity index (χ2n) is 7.28. The van der Waals surface area contributed by atoms with Gasteiger partial charge in [-0.15, -0.1) is 0 Å². The number of ether oxygens (including phenoxy) is 1. The quantitative estimate of drug-likeness (QED) is 0.746. The normalized spacial score (nSPS) is 18.7. The molecule has 128 valence electrons. The number of piperidine rings is 1. The molecule has 23 heavy (non-hydrogen) atoms. The Hall–Kier alpha value is -1.30. The van der Waals surface area contributed by atoms with Gasteiger partial charge in [0.1, 0.15) is 10.2 Å². The van der Waals surface area contributed by atoms with E-state index < -0.39 is 5.60 Å². The summed E-state index contributed by atoms with van der Waals surface area (Å²) < 4.78 is 8.34. The summed E-state index contributed by atoms with van der Waals surface area (Å²) in [5.74, 6) is 0. The number of carbonyl (C=O) groups excluding carboxylic acids is 1. The molecule has 0 N–H and O–H groups in total. The fourth-order valence-corrected chi connectivity index (χ4v) is 3.13. The number of allylic oxidation sites excluding steroid dienone is 1. The zero-order valence-electron chi connectivity index (χ0n) is 14.6. The van der Waals surface area contributed by atoms with Gasteiger partial charge < -0.3 is 9.64 Å². The van der Waals surface area contributed by atoms with Gasteiger partial charge in [0.2, 0.25) is 0 Å². The molecular weight excluding hydrogens is 358 g/mol. The summed E-state index contributed by atoms with van der Waals surface area (Å²) in [6.07, 6.45) is 3.84. The van der Waals surface area contributed by atoms with Crippen molar-refractivity contribution in [1.29, 1.82) is 0 Å². The number of nitrogens with zero attached hydrogens (tertiary/aromatic N) is 3. The van der Waals surface area contributed by atoms with E-state index in [1.807, 2.05) is 31.5 Å². The summed E-state index contributed by atoms with van der Waals surface area (Å²) >= 11 is 3.46. The van der Waals surface area contributed by atoms with E-state index in [2.05, 4.69) is 41.0 Å². The molecule has 1 saturated heterocycles. The van der Waals surface area contributed by atoms with Gasteiger partial charge in [0.15, 0.2) is 0 Å². The summed E-state index contributed by atoms with van der Waals surface area (Å²) in [6.45, 7) is 11.2. The van der Waals surface area contributed by atoms with Crippen LogP contribution in [0.15, 0.2) is 16.2 Å². The average Bonchev–Trinajstić information content (AvgIpc) is 2.77. The van der Waals surface area contributed by atoms with Crippen molar-refractivity contribution in [3.05, 3.63) is 21.9 Å². The van der Waals surface area contributed by atoms with Crippen LogP contribution in [0, 0.1) is 0 Å². The molecule has 1 aromatic heterocycles. The highest BCUT2D eigenvalue weighted by atomic mass is 79.9. The first kappa shape index (κ1) is 18.0. The molecule has 5 nitrogen and oxygen atoms in total. The molecule has 1 aromatic rings. The predicted molar refractivity (Wildman–Crippen MR) is 95.3 cm³/mol. The van der Waals surface area contributed by atoms with Gasteiger partial charge in [-0.3, -0.25) is 4.68 Å². The molecule has 0 aliphatic carbocycles. The standard InChI is InChI=1S/C17H26BrN3O2/c1-12(2)9-14-10-15(18)19-21(14)13-7-6-8-20(11-13)16(22)23-17(3,4)5/h9-10,13H,6-8,11H2,1-5H3. The third kappa shape index (κ3) is 5.09. The van der Waals surface area contributed by atoms with E-state index in [1.54, 1.807) is 4.90 Å². The van der Waals surface area contributed by atoms with Crippen molar-refractivity contribution in [3.63, 3.8) is 0 Å². The van der Waals surface area contributed by atoms with E-state index in [4.69, 9.17) is 4.74 Å². The second kappa shape index (κ2) is 7.07. The molecule has 0 spiro atoms. The Labute approximate surface area is 146 Å². The van der Waals surface area contributed by atoms with Crippen molar-refractivity contribution in [1.82, 2.24) is 14.7 Å². The predicted octanol–water partition coefficient (Wildman–Crippen LogP) is 4.64. The van der Waals surface area contributed by atoms with Gasteiger partial charge in [-0.2, -0.15) is 5.10 Å². The molecule has 1 aliphatic rings. The Morgan fingerprint density at radius 2 is 2.13 bits per heavy atom. The maximum absolute atomic E-state index is 12.3. The third-order valence-corrected chi connectivity index (χ3v) is 3.95. The molecule has 1 atom stereocenters. The Morgan fingerprint density at radius 3 is 2.74 bits per heavy atom. The number of aromatic nitrogens is 2. The molecule has 6 heteroatoms. The first-order chi connectivity index (χ1) is 10.7. The van der Waals surface area contributed by atoms with E-state index in [9.17, 15) is 4.79 Å². The molecule has 2 rings (SSSR count). The highest BCUT2D eigenvalue weighted by molar-refractivity contribution is 9.10. The SMILES string of the molecule is CC(C)=Cc1cc(Br)nn1C1CCCN(C(=O)OC(C)(C)C)C1. The number of hydrogen-bond donors (Lipinski definition) is 0. The molecule has 1 unspecified atom stereocenters. The van der Waals surface area contributed by atoms with E-state index in [-0.39, 0.29) is 12.1 Å². The number of hydrogen-bond acceptors (Lipinski definition) is 3. The maximum Gasteiger partial charge on any atom is 0.410 e. The van der Waals surface area contributed by atoms with Crippen molar-refractivity contribution in [2.45, 2.75) is 59.1 Å². The number of likely N-dealkylation sites (tertiary alicyclic amines) is 1. The van der Waals surface area contributed by atoms with Gasteiger partial charge in [0.05, 0.1) is 11.7 Å². The number of rotatable bonds is 2. The summed E-state index contributed by atoms with van der Waals surface area (Å²) in [6, 6.07) is 2.19. The lowest BCUT2D eigenvalue weighted by Gasteiger charge is -2.34. The number of carbonyl (C=O) groups is 1. The van der Waals surface area contributed by atoms with Crippen molar-refractivity contribution in [3.8, 4) is 0 Å². The monoisotopic (exact) mass is 383 g/mol. The van der Waals surface area contributed by atoms with E-state index in [0.717, 1.165) is 29.7 Å². The van der Waals surface area contributed by atoms with Crippen LogP contribution < -0.4 is 0 Å². The molecule has 0 radical (unpaired) electrons. The Kier molecular flexibility index (Phi) is 5.55. The molecule has 2 heterocycles. The molecule has 1 aliphatic heterocycles. The van der Waals surface area contributed by atoms with Gasteiger partial charge >= 0.3 is 6.09 Å². The topological polar surface area (TPSA) is 47.4 Å². The first-order valence-electron chi connectivity index (χ1n) is 8.03. The van der Waals surface area contributed by atoms with Crippen LogP contribution in [0.1, 0.15) is 59.2 Å². The zero-order chi connectivity index (χ0) is 17.2. The smallest absolute Gasteiger partial charge is 0.410 e. The largest absolute Gasteiger partial charge is 0.444 e. The fraction of sp³-hybridized carbons (Fsp3) is 0.647.